The van der Waals surface area contributed by atoms with Crippen LogP contribution < -0.4 is 10.2 Å². The Morgan fingerprint density at radius 2 is 1.64 bits per heavy atom. The summed E-state index contributed by atoms with van der Waals surface area (Å²) in [5.74, 6) is -0.256. The van der Waals surface area contributed by atoms with Crippen LogP contribution in [0.1, 0.15) is 12.0 Å². The van der Waals surface area contributed by atoms with E-state index >= 15 is 0 Å². The number of aryl methyl sites for hydroxylation is 1. The van der Waals surface area contributed by atoms with E-state index < -0.39 is 10.0 Å². The zero-order valence-corrected chi connectivity index (χ0v) is 19.6. The summed E-state index contributed by atoms with van der Waals surface area (Å²) in [6.07, 6.45) is 0.125. The minimum absolute atomic E-state index is 0.0989. The molecule has 0 aliphatic carbocycles. The van der Waals surface area contributed by atoms with Crippen LogP contribution in [0.4, 0.5) is 5.69 Å². The van der Waals surface area contributed by atoms with Gasteiger partial charge in [0.1, 0.15) is 0 Å². The van der Waals surface area contributed by atoms with Crippen LogP contribution in [0.25, 0.3) is 10.2 Å². The van der Waals surface area contributed by atoms with Crippen molar-refractivity contribution in [2.45, 2.75) is 24.4 Å². The molecule has 7 nitrogen and oxygen atoms in total. The maximum absolute atomic E-state index is 12.9. The van der Waals surface area contributed by atoms with Crippen molar-refractivity contribution in [1.82, 2.24) is 8.87 Å². The molecule has 170 valence electrons. The Kier molecular flexibility index (Phi) is 6.73. The molecule has 0 spiro atoms. The van der Waals surface area contributed by atoms with Gasteiger partial charge in [0, 0.05) is 32.2 Å². The van der Waals surface area contributed by atoms with Crippen molar-refractivity contribution in [3.05, 3.63) is 94.1 Å². The number of nitrogens with one attached hydrogen (secondary N) is 1. The highest BCUT2D eigenvalue weighted by atomic mass is 32.2. The minimum Gasteiger partial charge on any atom is -0.326 e. The molecule has 1 aromatic heterocycles. The highest BCUT2D eigenvalue weighted by Gasteiger charge is 2.21. The third-order valence-electron chi connectivity index (χ3n) is 5.23. The lowest BCUT2D eigenvalue weighted by atomic mass is 10.2. The third-order valence-corrected chi connectivity index (χ3v) is 8.01. The Morgan fingerprint density at radius 3 is 2.36 bits per heavy atom. The number of anilines is 1. The van der Waals surface area contributed by atoms with Crippen LogP contribution in [0.5, 0.6) is 0 Å². The number of carbonyl (C=O) groups excluding carboxylic acids is 1. The summed E-state index contributed by atoms with van der Waals surface area (Å²) in [7, 11) is -2.13. The lowest BCUT2D eigenvalue weighted by molar-refractivity contribution is -0.116. The fourth-order valence-electron chi connectivity index (χ4n) is 3.48. The number of fused-ring (bicyclic) bond motifs is 1. The standard InChI is InChI=1S/C24H23N3O4S2/c1-26(17-18-7-3-2-4-8-18)33(30,31)20-13-11-19(12-14-20)25-23(28)15-16-27-21-9-5-6-10-22(21)32-24(27)29/h2-14H,15-17H2,1H3,(H,25,28). The number of para-hydroxylation sites is 1. The molecule has 0 saturated carbocycles. The SMILES string of the molecule is CN(Cc1ccccc1)S(=O)(=O)c1ccc(NC(=O)CCn2c(=O)sc3ccccc32)cc1. The molecule has 4 aromatic rings. The summed E-state index contributed by atoms with van der Waals surface area (Å²) >= 11 is 1.16. The number of nitrogens with zero attached hydrogens (tertiary/aromatic N) is 2. The van der Waals surface area contributed by atoms with Crippen molar-refractivity contribution >= 4 is 43.2 Å². The molecular weight excluding hydrogens is 458 g/mol. The maximum atomic E-state index is 12.9. The molecule has 4 rings (SSSR count). The fourth-order valence-corrected chi connectivity index (χ4v) is 5.55. The van der Waals surface area contributed by atoms with E-state index in [2.05, 4.69) is 5.32 Å². The van der Waals surface area contributed by atoms with Gasteiger partial charge in [0.2, 0.25) is 15.9 Å². The van der Waals surface area contributed by atoms with E-state index in [4.69, 9.17) is 0 Å². The van der Waals surface area contributed by atoms with Gasteiger partial charge in [0.25, 0.3) is 0 Å². The van der Waals surface area contributed by atoms with Crippen LogP contribution in [0.3, 0.4) is 0 Å². The van der Waals surface area contributed by atoms with Gasteiger partial charge in [-0.2, -0.15) is 4.31 Å². The summed E-state index contributed by atoms with van der Waals surface area (Å²) in [6, 6.07) is 22.9. The molecule has 0 aliphatic heterocycles. The van der Waals surface area contributed by atoms with E-state index in [1.807, 2.05) is 54.6 Å². The maximum Gasteiger partial charge on any atom is 0.308 e. The average Bonchev–Trinajstić information content (AvgIpc) is 3.13. The molecule has 0 radical (unpaired) electrons. The summed E-state index contributed by atoms with van der Waals surface area (Å²) in [5, 5.41) is 2.76. The van der Waals surface area contributed by atoms with Crippen LogP contribution in [0, 0.1) is 0 Å². The largest absolute Gasteiger partial charge is 0.326 e. The third kappa shape index (κ3) is 5.22. The van der Waals surface area contributed by atoms with E-state index in [-0.39, 0.29) is 35.2 Å². The van der Waals surface area contributed by atoms with E-state index in [0.29, 0.717) is 5.69 Å². The summed E-state index contributed by atoms with van der Waals surface area (Å²) < 4.78 is 29.5. The van der Waals surface area contributed by atoms with Gasteiger partial charge in [0.15, 0.2) is 0 Å². The van der Waals surface area contributed by atoms with Crippen LogP contribution >= 0.6 is 11.3 Å². The first-order valence-corrected chi connectivity index (χ1v) is 12.6. The van der Waals surface area contributed by atoms with Crippen molar-refractivity contribution in [3.63, 3.8) is 0 Å². The Morgan fingerprint density at radius 1 is 0.970 bits per heavy atom. The molecular formula is C24H23N3O4S2. The quantitative estimate of drug-likeness (QED) is 0.413. The molecule has 1 heterocycles. The summed E-state index contributed by atoms with van der Waals surface area (Å²) in [6.45, 7) is 0.531. The fraction of sp³-hybridized carbons (Fsp3) is 0.167. The van der Waals surface area contributed by atoms with Crippen molar-refractivity contribution in [2.24, 2.45) is 0 Å². The molecule has 1 N–H and O–H groups in total. The molecule has 0 fully saturated rings. The zero-order chi connectivity index (χ0) is 23.4. The van der Waals surface area contributed by atoms with Gasteiger partial charge in [-0.3, -0.25) is 14.2 Å². The average molecular weight is 482 g/mol. The lowest BCUT2D eigenvalue weighted by Gasteiger charge is -2.17. The number of aromatic nitrogens is 1. The van der Waals surface area contributed by atoms with Gasteiger partial charge < -0.3 is 5.32 Å². The first-order chi connectivity index (χ1) is 15.8. The van der Waals surface area contributed by atoms with Crippen molar-refractivity contribution in [2.75, 3.05) is 12.4 Å². The molecule has 0 atom stereocenters. The monoisotopic (exact) mass is 481 g/mol. The van der Waals surface area contributed by atoms with Crippen molar-refractivity contribution < 1.29 is 13.2 Å². The zero-order valence-electron chi connectivity index (χ0n) is 18.0. The number of sulfonamides is 1. The first kappa shape index (κ1) is 22.9. The second-order valence-electron chi connectivity index (χ2n) is 7.56. The number of hydrogen-bond acceptors (Lipinski definition) is 5. The van der Waals surface area contributed by atoms with Gasteiger partial charge in [0.05, 0.1) is 15.1 Å². The highest BCUT2D eigenvalue weighted by molar-refractivity contribution is 7.89. The minimum atomic E-state index is -3.66. The van der Waals surface area contributed by atoms with Gasteiger partial charge >= 0.3 is 4.87 Å². The molecule has 33 heavy (non-hydrogen) atoms. The second kappa shape index (κ2) is 9.70. The molecule has 9 heteroatoms. The number of hydrogen-bond donors (Lipinski definition) is 1. The normalized spacial score (nSPS) is 11.7. The van der Waals surface area contributed by atoms with E-state index in [1.54, 1.807) is 16.7 Å². The van der Waals surface area contributed by atoms with Gasteiger partial charge in [-0.05, 0) is 42.0 Å². The van der Waals surface area contributed by atoms with Gasteiger partial charge in [-0.15, -0.1) is 0 Å². The molecule has 0 saturated heterocycles. The Bertz CT molecular complexity index is 1430. The van der Waals surface area contributed by atoms with Crippen molar-refractivity contribution in [3.8, 4) is 0 Å². The molecule has 0 unspecified atom stereocenters. The van der Waals surface area contributed by atoms with E-state index in [0.717, 1.165) is 27.1 Å². The summed E-state index contributed by atoms with van der Waals surface area (Å²) in [5.41, 5.74) is 2.20. The Hall–Kier alpha value is -3.27. The number of benzene rings is 3. The molecule has 1 amide bonds. The van der Waals surface area contributed by atoms with Crippen LogP contribution in [0.15, 0.2) is 88.6 Å². The van der Waals surface area contributed by atoms with Crippen LogP contribution in [-0.2, 0) is 27.9 Å². The number of thiazole rings is 1. The summed E-state index contributed by atoms with van der Waals surface area (Å²) in [4.78, 5) is 24.6. The predicted molar refractivity (Wildman–Crippen MR) is 131 cm³/mol. The Labute approximate surface area is 196 Å². The predicted octanol–water partition coefficient (Wildman–Crippen LogP) is 3.91. The topological polar surface area (TPSA) is 88.5 Å². The van der Waals surface area contributed by atoms with E-state index in [9.17, 15) is 18.0 Å². The number of carbonyl (C=O) groups is 1. The van der Waals surface area contributed by atoms with Gasteiger partial charge in [-0.25, -0.2) is 8.42 Å². The highest BCUT2D eigenvalue weighted by Crippen LogP contribution is 2.20. The van der Waals surface area contributed by atoms with Crippen LogP contribution in [-0.4, -0.2) is 30.2 Å². The second-order valence-corrected chi connectivity index (χ2v) is 10.6. The number of amides is 1. The molecule has 0 bridgehead atoms. The van der Waals surface area contributed by atoms with E-state index in [1.165, 1.54) is 23.5 Å². The first-order valence-electron chi connectivity index (χ1n) is 10.3. The number of rotatable bonds is 8. The molecule has 3 aromatic carbocycles. The smallest absolute Gasteiger partial charge is 0.308 e. The van der Waals surface area contributed by atoms with Gasteiger partial charge in [-0.1, -0.05) is 53.8 Å². The lowest BCUT2D eigenvalue weighted by Crippen LogP contribution is -2.26. The van der Waals surface area contributed by atoms with Crippen molar-refractivity contribution in [1.29, 1.82) is 0 Å². The molecule has 0 aliphatic rings. The van der Waals surface area contributed by atoms with Crippen LogP contribution in [0.2, 0.25) is 0 Å². The Balaban J connectivity index is 1.38.